The van der Waals surface area contributed by atoms with Crippen LogP contribution in [0.3, 0.4) is 0 Å². The summed E-state index contributed by atoms with van der Waals surface area (Å²) >= 11 is 0. The van der Waals surface area contributed by atoms with E-state index in [1.54, 1.807) is 0 Å². The van der Waals surface area contributed by atoms with Crippen LogP contribution >= 0.6 is 0 Å². The molecule has 1 fully saturated rings. The van der Waals surface area contributed by atoms with Gasteiger partial charge in [-0.25, -0.2) is 9.67 Å². The smallest absolute Gasteiger partial charge is 0.220 e. The van der Waals surface area contributed by atoms with E-state index in [-0.39, 0.29) is 11.4 Å². The van der Waals surface area contributed by atoms with E-state index >= 15 is 0 Å². The average molecular weight is 357 g/mol. The number of amides is 1. The van der Waals surface area contributed by atoms with Gasteiger partial charge in [-0.1, -0.05) is 12.8 Å². The Balaban J connectivity index is 1.85. The van der Waals surface area contributed by atoms with Crippen LogP contribution in [0.15, 0.2) is 0 Å². The van der Waals surface area contributed by atoms with E-state index in [0.29, 0.717) is 12.5 Å². The van der Waals surface area contributed by atoms with Gasteiger partial charge in [0.05, 0.1) is 11.2 Å². The molecule has 3 rings (SSSR count). The van der Waals surface area contributed by atoms with E-state index in [9.17, 15) is 4.79 Å². The van der Waals surface area contributed by atoms with Gasteiger partial charge >= 0.3 is 0 Å². The first-order valence-corrected chi connectivity index (χ1v) is 9.83. The van der Waals surface area contributed by atoms with Gasteiger partial charge in [0.25, 0.3) is 0 Å². The molecule has 1 aliphatic rings. The highest BCUT2D eigenvalue weighted by atomic mass is 16.1. The Morgan fingerprint density at radius 3 is 2.42 bits per heavy atom. The van der Waals surface area contributed by atoms with E-state index in [4.69, 9.17) is 10.1 Å². The monoisotopic (exact) mass is 356 g/mol. The van der Waals surface area contributed by atoms with Crippen molar-refractivity contribution in [3.63, 3.8) is 0 Å². The van der Waals surface area contributed by atoms with E-state index in [1.165, 1.54) is 24.0 Å². The molecule has 0 bridgehead atoms. The van der Waals surface area contributed by atoms with Crippen molar-refractivity contribution >= 4 is 16.9 Å². The molecular formula is C21H32N4O. The number of carbonyl (C=O) groups excluding carboxylic acids is 1. The van der Waals surface area contributed by atoms with Gasteiger partial charge in [-0.3, -0.25) is 4.79 Å². The Hall–Kier alpha value is -1.91. The van der Waals surface area contributed by atoms with Crippen molar-refractivity contribution in [2.75, 3.05) is 0 Å². The topological polar surface area (TPSA) is 59.8 Å². The lowest BCUT2D eigenvalue weighted by molar-refractivity contribution is -0.121. The van der Waals surface area contributed by atoms with Gasteiger partial charge in [0.15, 0.2) is 5.65 Å². The number of hydrogen-bond donors (Lipinski definition) is 1. The van der Waals surface area contributed by atoms with Gasteiger partial charge in [-0.2, -0.15) is 5.10 Å². The molecule has 0 unspecified atom stereocenters. The minimum Gasteiger partial charge on any atom is -0.353 e. The van der Waals surface area contributed by atoms with Crippen molar-refractivity contribution in [2.24, 2.45) is 0 Å². The van der Waals surface area contributed by atoms with Gasteiger partial charge in [0, 0.05) is 23.5 Å². The molecule has 26 heavy (non-hydrogen) atoms. The molecule has 142 valence electrons. The van der Waals surface area contributed by atoms with Crippen molar-refractivity contribution in [2.45, 2.75) is 91.6 Å². The summed E-state index contributed by atoms with van der Waals surface area (Å²) in [5.74, 6) is 0.165. The molecule has 0 aromatic carbocycles. The Bertz CT molecular complexity index is 823. The van der Waals surface area contributed by atoms with E-state index in [1.807, 2.05) is 18.5 Å². The number of nitrogens with one attached hydrogen (secondary N) is 1. The van der Waals surface area contributed by atoms with Crippen LogP contribution in [0, 0.1) is 20.8 Å². The minimum absolute atomic E-state index is 0.110. The fourth-order valence-corrected chi connectivity index (χ4v) is 4.15. The summed E-state index contributed by atoms with van der Waals surface area (Å²) in [5.41, 5.74) is 5.26. The van der Waals surface area contributed by atoms with Gasteiger partial charge in [0.1, 0.15) is 0 Å². The lowest BCUT2D eigenvalue weighted by Crippen LogP contribution is -2.32. The normalized spacial score (nSPS) is 15.8. The quantitative estimate of drug-likeness (QED) is 0.897. The molecule has 0 spiro atoms. The predicted octanol–water partition coefficient (Wildman–Crippen LogP) is 4.10. The maximum Gasteiger partial charge on any atom is 0.220 e. The molecule has 0 atom stereocenters. The fourth-order valence-electron chi connectivity index (χ4n) is 4.15. The molecule has 0 aliphatic heterocycles. The Morgan fingerprint density at radius 1 is 1.15 bits per heavy atom. The summed E-state index contributed by atoms with van der Waals surface area (Å²) < 4.78 is 2.02. The SMILES string of the molecule is Cc1nc2c(c(C)nn2C(C)(C)C)c(C)c1CCC(=O)NC1CCCC1. The third-order valence-corrected chi connectivity index (χ3v) is 5.53. The zero-order valence-electron chi connectivity index (χ0n) is 17.1. The number of pyridine rings is 1. The molecule has 2 aromatic heterocycles. The molecule has 1 saturated carbocycles. The lowest BCUT2D eigenvalue weighted by atomic mass is 9.99. The first-order chi connectivity index (χ1) is 12.2. The number of nitrogens with zero attached hydrogens (tertiary/aromatic N) is 3. The van der Waals surface area contributed by atoms with Crippen LogP contribution in [0.2, 0.25) is 0 Å². The van der Waals surface area contributed by atoms with Crippen LogP contribution in [0.1, 0.15) is 75.4 Å². The van der Waals surface area contributed by atoms with E-state index < -0.39 is 0 Å². The molecule has 0 radical (unpaired) electrons. The largest absolute Gasteiger partial charge is 0.353 e. The Kier molecular flexibility index (Phi) is 5.09. The van der Waals surface area contributed by atoms with Crippen LogP contribution < -0.4 is 5.32 Å². The van der Waals surface area contributed by atoms with Crippen LogP contribution in [-0.4, -0.2) is 26.7 Å². The maximum absolute atomic E-state index is 12.3. The van der Waals surface area contributed by atoms with Gasteiger partial charge in [0.2, 0.25) is 5.91 Å². The minimum atomic E-state index is -0.110. The predicted molar refractivity (Wildman–Crippen MR) is 105 cm³/mol. The molecular weight excluding hydrogens is 324 g/mol. The van der Waals surface area contributed by atoms with Crippen molar-refractivity contribution in [1.82, 2.24) is 20.1 Å². The van der Waals surface area contributed by atoms with Gasteiger partial charge in [-0.15, -0.1) is 0 Å². The number of aromatic nitrogens is 3. The first-order valence-electron chi connectivity index (χ1n) is 9.83. The summed E-state index contributed by atoms with van der Waals surface area (Å²) in [6.07, 6.45) is 5.99. The third kappa shape index (κ3) is 3.62. The molecule has 2 heterocycles. The standard InChI is InChI=1S/C21H32N4O/c1-13-17(11-12-18(26)23-16-9-7-8-10-16)14(2)22-20-19(13)15(3)24-25(20)21(4,5)6/h16H,7-12H2,1-6H3,(H,23,26). The molecule has 0 saturated heterocycles. The first kappa shape index (κ1) is 18.9. The second-order valence-electron chi connectivity index (χ2n) is 8.72. The summed E-state index contributed by atoms with van der Waals surface area (Å²) in [6, 6.07) is 0.387. The number of fused-ring (bicyclic) bond motifs is 1. The zero-order chi connectivity index (χ0) is 19.1. The van der Waals surface area contributed by atoms with Gasteiger partial charge < -0.3 is 5.32 Å². The molecule has 2 aromatic rings. The molecule has 5 heteroatoms. The highest BCUT2D eigenvalue weighted by molar-refractivity contribution is 5.84. The van der Waals surface area contributed by atoms with Gasteiger partial charge in [-0.05, 0) is 71.9 Å². The molecule has 5 nitrogen and oxygen atoms in total. The third-order valence-electron chi connectivity index (χ3n) is 5.53. The Morgan fingerprint density at radius 2 is 1.81 bits per heavy atom. The summed E-state index contributed by atoms with van der Waals surface area (Å²) in [7, 11) is 0. The van der Waals surface area contributed by atoms with E-state index in [0.717, 1.165) is 41.7 Å². The number of aryl methyl sites for hydroxylation is 3. The second kappa shape index (κ2) is 7.01. The molecule has 1 amide bonds. The highest BCUT2D eigenvalue weighted by Crippen LogP contribution is 2.29. The van der Waals surface area contributed by atoms with Crippen molar-refractivity contribution in [1.29, 1.82) is 0 Å². The van der Waals surface area contributed by atoms with Crippen LogP contribution in [0.5, 0.6) is 0 Å². The molecule has 1 aliphatic carbocycles. The molecule has 1 N–H and O–H groups in total. The van der Waals surface area contributed by atoms with Crippen molar-refractivity contribution in [3.05, 3.63) is 22.5 Å². The van der Waals surface area contributed by atoms with Crippen molar-refractivity contribution < 1.29 is 4.79 Å². The average Bonchev–Trinajstić information content (AvgIpc) is 3.14. The summed E-state index contributed by atoms with van der Waals surface area (Å²) in [5, 5.41) is 9.06. The Labute approximate surface area is 156 Å². The number of hydrogen-bond acceptors (Lipinski definition) is 3. The highest BCUT2D eigenvalue weighted by Gasteiger charge is 2.23. The maximum atomic E-state index is 12.3. The van der Waals surface area contributed by atoms with Crippen LogP contribution in [-0.2, 0) is 16.8 Å². The van der Waals surface area contributed by atoms with E-state index in [2.05, 4.69) is 33.0 Å². The van der Waals surface area contributed by atoms with Crippen LogP contribution in [0.25, 0.3) is 11.0 Å². The van der Waals surface area contributed by atoms with Crippen LogP contribution in [0.4, 0.5) is 0 Å². The second-order valence-corrected chi connectivity index (χ2v) is 8.72. The summed E-state index contributed by atoms with van der Waals surface area (Å²) in [6.45, 7) is 12.7. The lowest BCUT2D eigenvalue weighted by Gasteiger charge is -2.20. The summed E-state index contributed by atoms with van der Waals surface area (Å²) in [4.78, 5) is 17.2. The van der Waals surface area contributed by atoms with Crippen molar-refractivity contribution in [3.8, 4) is 0 Å². The zero-order valence-corrected chi connectivity index (χ0v) is 17.1. The number of carbonyl (C=O) groups is 1. The number of rotatable bonds is 4. The fraction of sp³-hybridized carbons (Fsp3) is 0.667.